The molecule has 4 nitrogen and oxygen atoms in total. The maximum Gasteiger partial charge on any atom is 0.253 e. The van der Waals surface area contributed by atoms with E-state index in [-0.39, 0.29) is 11.8 Å². The predicted octanol–water partition coefficient (Wildman–Crippen LogP) is 2.31. The van der Waals surface area contributed by atoms with E-state index in [0.717, 1.165) is 16.8 Å². The summed E-state index contributed by atoms with van der Waals surface area (Å²) < 4.78 is 0. The molecular formula is C14H18N2O2. The molecular weight excluding hydrogens is 228 g/mol. The summed E-state index contributed by atoms with van der Waals surface area (Å²) in [7, 11) is 0. The number of likely N-dealkylation sites (tertiary alicyclic amines) is 1. The molecule has 1 heterocycles. The molecule has 1 amide bonds. The SMILES string of the molecule is Cc1cccc(C(=O)N2CC/C(=N\O)C(C)C2)c1. The van der Waals surface area contributed by atoms with Crippen LogP contribution >= 0.6 is 0 Å². The third kappa shape index (κ3) is 2.53. The molecule has 0 saturated carbocycles. The van der Waals surface area contributed by atoms with E-state index in [1.165, 1.54) is 0 Å². The van der Waals surface area contributed by atoms with E-state index >= 15 is 0 Å². The maximum atomic E-state index is 12.3. The summed E-state index contributed by atoms with van der Waals surface area (Å²) >= 11 is 0. The smallest absolute Gasteiger partial charge is 0.253 e. The molecule has 1 atom stereocenters. The van der Waals surface area contributed by atoms with Gasteiger partial charge in [-0.25, -0.2) is 0 Å². The van der Waals surface area contributed by atoms with E-state index in [2.05, 4.69) is 5.16 Å². The molecule has 0 bridgehead atoms. The fourth-order valence-electron chi connectivity index (χ4n) is 2.32. The first-order chi connectivity index (χ1) is 8.61. The largest absolute Gasteiger partial charge is 0.411 e. The molecule has 4 heteroatoms. The van der Waals surface area contributed by atoms with Crippen LogP contribution in [0.2, 0.25) is 0 Å². The van der Waals surface area contributed by atoms with Gasteiger partial charge in [0.05, 0.1) is 5.71 Å². The monoisotopic (exact) mass is 246 g/mol. The van der Waals surface area contributed by atoms with Gasteiger partial charge in [0.25, 0.3) is 5.91 Å². The first-order valence-electron chi connectivity index (χ1n) is 6.18. The fourth-order valence-corrected chi connectivity index (χ4v) is 2.32. The zero-order chi connectivity index (χ0) is 13.1. The van der Waals surface area contributed by atoms with Crippen LogP contribution in [-0.2, 0) is 0 Å². The van der Waals surface area contributed by atoms with Crippen molar-refractivity contribution in [3.8, 4) is 0 Å². The van der Waals surface area contributed by atoms with Crippen LogP contribution in [0, 0.1) is 12.8 Å². The van der Waals surface area contributed by atoms with Crippen LogP contribution in [0.1, 0.15) is 29.3 Å². The molecule has 1 aliphatic rings. The van der Waals surface area contributed by atoms with Crippen LogP contribution in [0.5, 0.6) is 0 Å². The molecule has 1 aromatic rings. The van der Waals surface area contributed by atoms with E-state index in [4.69, 9.17) is 5.21 Å². The van der Waals surface area contributed by atoms with Crippen LogP contribution < -0.4 is 0 Å². The van der Waals surface area contributed by atoms with E-state index < -0.39 is 0 Å². The average molecular weight is 246 g/mol. The Balaban J connectivity index is 2.12. The zero-order valence-electron chi connectivity index (χ0n) is 10.8. The van der Waals surface area contributed by atoms with E-state index in [9.17, 15) is 4.79 Å². The molecule has 0 radical (unpaired) electrons. The lowest BCUT2D eigenvalue weighted by Gasteiger charge is -2.31. The van der Waals surface area contributed by atoms with Crippen molar-refractivity contribution in [2.24, 2.45) is 11.1 Å². The van der Waals surface area contributed by atoms with Crippen molar-refractivity contribution in [1.29, 1.82) is 0 Å². The molecule has 0 aliphatic carbocycles. The van der Waals surface area contributed by atoms with Gasteiger partial charge in [0.15, 0.2) is 0 Å². The number of piperidine rings is 1. The molecule has 1 saturated heterocycles. The highest BCUT2D eigenvalue weighted by Gasteiger charge is 2.26. The van der Waals surface area contributed by atoms with Crippen LogP contribution in [0.3, 0.4) is 0 Å². The Hall–Kier alpha value is -1.84. The third-order valence-corrected chi connectivity index (χ3v) is 3.38. The predicted molar refractivity (Wildman–Crippen MR) is 70.1 cm³/mol. The first-order valence-corrected chi connectivity index (χ1v) is 6.18. The van der Waals surface area contributed by atoms with Crippen LogP contribution in [0.4, 0.5) is 0 Å². The number of aryl methyl sites for hydroxylation is 1. The molecule has 0 spiro atoms. The number of nitrogens with zero attached hydrogens (tertiary/aromatic N) is 2. The summed E-state index contributed by atoms with van der Waals surface area (Å²) in [4.78, 5) is 14.1. The summed E-state index contributed by atoms with van der Waals surface area (Å²) in [6.07, 6.45) is 0.648. The third-order valence-electron chi connectivity index (χ3n) is 3.38. The molecule has 18 heavy (non-hydrogen) atoms. The van der Waals surface area contributed by atoms with Gasteiger partial charge in [-0.05, 0) is 19.1 Å². The lowest BCUT2D eigenvalue weighted by atomic mass is 9.97. The van der Waals surface area contributed by atoms with Crippen molar-refractivity contribution in [2.45, 2.75) is 20.3 Å². The molecule has 96 valence electrons. The minimum atomic E-state index is 0.0579. The second-order valence-electron chi connectivity index (χ2n) is 4.86. The van der Waals surface area contributed by atoms with Crippen molar-refractivity contribution < 1.29 is 10.0 Å². The Morgan fingerprint density at radius 2 is 2.28 bits per heavy atom. The number of hydrogen-bond donors (Lipinski definition) is 1. The summed E-state index contributed by atoms with van der Waals surface area (Å²) in [5.74, 6) is 0.181. The summed E-state index contributed by atoms with van der Waals surface area (Å²) in [6, 6.07) is 7.63. The number of amides is 1. The van der Waals surface area contributed by atoms with E-state index in [0.29, 0.717) is 19.5 Å². The number of oxime groups is 1. The minimum absolute atomic E-state index is 0.0579. The van der Waals surface area contributed by atoms with Crippen molar-refractivity contribution >= 4 is 11.6 Å². The van der Waals surface area contributed by atoms with Crippen molar-refractivity contribution in [3.63, 3.8) is 0 Å². The Bertz CT molecular complexity index is 482. The van der Waals surface area contributed by atoms with Crippen LogP contribution in [-0.4, -0.2) is 34.8 Å². The van der Waals surface area contributed by atoms with Gasteiger partial charge in [-0.2, -0.15) is 0 Å². The number of carbonyl (C=O) groups excluding carboxylic acids is 1. The van der Waals surface area contributed by atoms with Gasteiger partial charge in [0, 0.05) is 31.0 Å². The van der Waals surface area contributed by atoms with E-state index in [1.807, 2.05) is 43.0 Å². The van der Waals surface area contributed by atoms with Gasteiger partial charge in [0.2, 0.25) is 0 Å². The lowest BCUT2D eigenvalue weighted by molar-refractivity contribution is 0.0734. The first kappa shape index (κ1) is 12.6. The highest BCUT2D eigenvalue weighted by molar-refractivity contribution is 5.96. The van der Waals surface area contributed by atoms with Gasteiger partial charge in [-0.1, -0.05) is 29.8 Å². The molecule has 1 unspecified atom stereocenters. The van der Waals surface area contributed by atoms with Gasteiger partial charge >= 0.3 is 0 Å². The quantitative estimate of drug-likeness (QED) is 0.610. The van der Waals surface area contributed by atoms with Crippen molar-refractivity contribution in [3.05, 3.63) is 35.4 Å². The maximum absolute atomic E-state index is 12.3. The summed E-state index contributed by atoms with van der Waals surface area (Å²) in [5, 5.41) is 12.1. The normalized spacial score (nSPS) is 22.2. The Morgan fingerprint density at radius 1 is 1.50 bits per heavy atom. The van der Waals surface area contributed by atoms with Crippen LogP contribution in [0.15, 0.2) is 29.4 Å². The fraction of sp³-hybridized carbons (Fsp3) is 0.429. The minimum Gasteiger partial charge on any atom is -0.411 e. The Labute approximate surface area is 107 Å². The van der Waals surface area contributed by atoms with Gasteiger partial charge < -0.3 is 10.1 Å². The molecule has 1 N–H and O–H groups in total. The van der Waals surface area contributed by atoms with Crippen LogP contribution in [0.25, 0.3) is 0 Å². The molecule has 0 aromatic heterocycles. The van der Waals surface area contributed by atoms with Gasteiger partial charge in [-0.15, -0.1) is 0 Å². The number of benzene rings is 1. The second-order valence-corrected chi connectivity index (χ2v) is 4.86. The Morgan fingerprint density at radius 3 is 2.89 bits per heavy atom. The Kier molecular flexibility index (Phi) is 3.65. The highest BCUT2D eigenvalue weighted by Crippen LogP contribution is 2.17. The number of carbonyl (C=O) groups is 1. The topological polar surface area (TPSA) is 52.9 Å². The number of hydrogen-bond acceptors (Lipinski definition) is 3. The van der Waals surface area contributed by atoms with Gasteiger partial charge in [-0.3, -0.25) is 4.79 Å². The summed E-state index contributed by atoms with van der Waals surface area (Å²) in [5.41, 5.74) is 2.60. The van der Waals surface area contributed by atoms with Gasteiger partial charge in [0.1, 0.15) is 0 Å². The lowest BCUT2D eigenvalue weighted by Crippen LogP contribution is -2.43. The molecule has 1 fully saturated rings. The van der Waals surface area contributed by atoms with Crippen molar-refractivity contribution in [2.75, 3.05) is 13.1 Å². The molecule has 2 rings (SSSR count). The average Bonchev–Trinajstić information content (AvgIpc) is 2.37. The standard InChI is InChI=1S/C14H18N2O2/c1-10-4-3-5-12(8-10)14(17)16-7-6-13(15-18)11(2)9-16/h3-5,8,11,18H,6-7,9H2,1-2H3/b15-13+. The van der Waals surface area contributed by atoms with Crippen molar-refractivity contribution in [1.82, 2.24) is 4.90 Å². The molecule has 1 aliphatic heterocycles. The summed E-state index contributed by atoms with van der Waals surface area (Å²) in [6.45, 7) is 5.19. The second kappa shape index (κ2) is 5.21. The molecule has 1 aromatic carbocycles. The van der Waals surface area contributed by atoms with E-state index in [1.54, 1.807) is 0 Å². The number of rotatable bonds is 1. The zero-order valence-corrected chi connectivity index (χ0v) is 10.8. The highest BCUT2D eigenvalue weighted by atomic mass is 16.4.